The molecule has 0 aromatic carbocycles. The Morgan fingerprint density at radius 3 is 3.00 bits per heavy atom. The van der Waals surface area contributed by atoms with Gasteiger partial charge in [-0.05, 0) is 5.92 Å². The molecule has 14 heavy (non-hydrogen) atoms. The van der Waals surface area contributed by atoms with Gasteiger partial charge in [-0.1, -0.05) is 20.3 Å². The SMILES string of the molecule is CC[C@H](C)[C@H](N)C(=O)OC1=COCO1. The second-order valence-electron chi connectivity index (χ2n) is 3.20. The van der Waals surface area contributed by atoms with Gasteiger partial charge in [0.25, 0.3) is 0 Å². The highest BCUT2D eigenvalue weighted by Gasteiger charge is 2.23. The molecule has 0 unspecified atom stereocenters. The minimum absolute atomic E-state index is 0.0775. The molecule has 5 nitrogen and oxygen atoms in total. The van der Waals surface area contributed by atoms with E-state index in [0.717, 1.165) is 6.42 Å². The van der Waals surface area contributed by atoms with Crippen LogP contribution in [0.1, 0.15) is 20.3 Å². The minimum atomic E-state index is -0.620. The molecule has 0 spiro atoms. The molecule has 0 aliphatic carbocycles. The molecule has 0 aromatic rings. The molecule has 1 aliphatic heterocycles. The first kappa shape index (κ1) is 10.8. The van der Waals surface area contributed by atoms with Crippen LogP contribution in [0.15, 0.2) is 12.2 Å². The molecule has 0 aromatic heterocycles. The lowest BCUT2D eigenvalue weighted by molar-refractivity contribution is -0.147. The molecular weight excluding hydrogens is 186 g/mol. The van der Waals surface area contributed by atoms with Gasteiger partial charge in [0.1, 0.15) is 6.04 Å². The molecule has 2 N–H and O–H groups in total. The zero-order valence-electron chi connectivity index (χ0n) is 8.36. The first-order valence-electron chi connectivity index (χ1n) is 4.57. The third-order valence-corrected chi connectivity index (χ3v) is 2.18. The van der Waals surface area contributed by atoms with E-state index in [9.17, 15) is 4.79 Å². The van der Waals surface area contributed by atoms with Crippen LogP contribution in [0.25, 0.3) is 0 Å². The Labute approximate surface area is 82.8 Å². The summed E-state index contributed by atoms with van der Waals surface area (Å²) in [4.78, 5) is 11.4. The van der Waals surface area contributed by atoms with E-state index in [1.54, 1.807) is 0 Å². The summed E-state index contributed by atoms with van der Waals surface area (Å²) in [5.41, 5.74) is 5.65. The van der Waals surface area contributed by atoms with E-state index in [1.165, 1.54) is 6.26 Å². The number of nitrogens with two attached hydrogens (primary N) is 1. The van der Waals surface area contributed by atoms with Crippen molar-refractivity contribution in [1.29, 1.82) is 0 Å². The van der Waals surface area contributed by atoms with Crippen molar-refractivity contribution < 1.29 is 19.0 Å². The van der Waals surface area contributed by atoms with Gasteiger partial charge in [-0.25, -0.2) is 4.79 Å². The maximum atomic E-state index is 11.4. The third-order valence-electron chi connectivity index (χ3n) is 2.18. The quantitative estimate of drug-likeness (QED) is 0.678. The first-order valence-corrected chi connectivity index (χ1v) is 4.57. The summed E-state index contributed by atoms with van der Waals surface area (Å²) in [6.07, 6.45) is 2.08. The molecule has 0 amide bonds. The summed E-state index contributed by atoms with van der Waals surface area (Å²) in [6, 6.07) is -0.620. The van der Waals surface area contributed by atoms with Crippen molar-refractivity contribution in [2.75, 3.05) is 6.79 Å². The molecule has 0 saturated carbocycles. The van der Waals surface area contributed by atoms with Crippen molar-refractivity contribution in [1.82, 2.24) is 0 Å². The lowest BCUT2D eigenvalue weighted by atomic mass is 10.0. The maximum absolute atomic E-state index is 11.4. The molecule has 0 bridgehead atoms. The number of hydrogen-bond donors (Lipinski definition) is 1. The summed E-state index contributed by atoms with van der Waals surface area (Å²) in [5.74, 6) is -0.324. The monoisotopic (exact) mass is 201 g/mol. The third kappa shape index (κ3) is 2.63. The molecule has 80 valence electrons. The molecule has 0 radical (unpaired) electrons. The fourth-order valence-corrected chi connectivity index (χ4v) is 0.935. The lowest BCUT2D eigenvalue weighted by Gasteiger charge is -2.15. The Balaban J connectivity index is 2.40. The second-order valence-corrected chi connectivity index (χ2v) is 3.20. The highest BCUT2D eigenvalue weighted by atomic mass is 16.8. The van der Waals surface area contributed by atoms with Gasteiger partial charge >= 0.3 is 11.9 Å². The van der Waals surface area contributed by atoms with Crippen LogP contribution >= 0.6 is 0 Å². The Kier molecular flexibility index (Phi) is 3.76. The first-order chi connectivity index (χ1) is 6.65. The van der Waals surface area contributed by atoms with E-state index in [2.05, 4.69) is 0 Å². The van der Waals surface area contributed by atoms with Crippen molar-refractivity contribution in [3.63, 3.8) is 0 Å². The largest absolute Gasteiger partial charge is 0.458 e. The van der Waals surface area contributed by atoms with Crippen LogP contribution in [0.2, 0.25) is 0 Å². The number of esters is 1. The summed E-state index contributed by atoms with van der Waals surface area (Å²) in [5, 5.41) is 0. The van der Waals surface area contributed by atoms with Gasteiger partial charge in [-0.15, -0.1) is 0 Å². The summed E-state index contributed by atoms with van der Waals surface area (Å²) in [7, 11) is 0. The van der Waals surface area contributed by atoms with E-state index < -0.39 is 12.0 Å². The number of rotatable bonds is 4. The zero-order valence-corrected chi connectivity index (χ0v) is 8.36. The molecule has 1 rings (SSSR count). The Hall–Kier alpha value is -1.23. The van der Waals surface area contributed by atoms with Gasteiger partial charge in [0.15, 0.2) is 6.26 Å². The van der Waals surface area contributed by atoms with Gasteiger partial charge in [-0.2, -0.15) is 0 Å². The topological polar surface area (TPSA) is 70.8 Å². The van der Waals surface area contributed by atoms with Crippen LogP contribution in [-0.2, 0) is 19.0 Å². The zero-order chi connectivity index (χ0) is 10.6. The number of ether oxygens (including phenoxy) is 3. The predicted octanol–water partition coefficient (Wildman–Crippen LogP) is 0.706. The normalized spacial score (nSPS) is 18.9. The van der Waals surface area contributed by atoms with Gasteiger partial charge in [-0.3, -0.25) is 0 Å². The lowest BCUT2D eigenvalue weighted by Crippen LogP contribution is -2.37. The Morgan fingerprint density at radius 1 is 1.79 bits per heavy atom. The summed E-state index contributed by atoms with van der Waals surface area (Å²) in [6.45, 7) is 3.94. The smallest absolute Gasteiger partial charge is 0.331 e. The van der Waals surface area contributed by atoms with E-state index >= 15 is 0 Å². The fourth-order valence-electron chi connectivity index (χ4n) is 0.935. The van der Waals surface area contributed by atoms with Gasteiger partial charge in [0.2, 0.25) is 6.79 Å². The van der Waals surface area contributed by atoms with Crippen molar-refractivity contribution in [2.24, 2.45) is 11.7 Å². The highest BCUT2D eigenvalue weighted by Crippen LogP contribution is 2.12. The standard InChI is InChI=1S/C9H15NO4/c1-3-6(2)8(10)9(11)14-7-4-12-5-13-7/h4,6,8H,3,5,10H2,1-2H3/t6-,8-/m0/s1. The molecule has 1 aliphatic rings. The van der Waals surface area contributed by atoms with Gasteiger partial charge < -0.3 is 19.9 Å². The van der Waals surface area contributed by atoms with Crippen molar-refractivity contribution in [3.8, 4) is 0 Å². The van der Waals surface area contributed by atoms with Gasteiger partial charge in [0.05, 0.1) is 0 Å². The second kappa shape index (κ2) is 4.85. The van der Waals surface area contributed by atoms with E-state index in [-0.39, 0.29) is 18.7 Å². The fraction of sp³-hybridized carbons (Fsp3) is 0.667. The van der Waals surface area contributed by atoms with E-state index in [0.29, 0.717) is 0 Å². The molecule has 1 heterocycles. The number of carbonyl (C=O) groups is 1. The average molecular weight is 201 g/mol. The molecule has 0 saturated heterocycles. The van der Waals surface area contributed by atoms with Gasteiger partial charge in [0, 0.05) is 0 Å². The maximum Gasteiger partial charge on any atom is 0.331 e. The Morgan fingerprint density at radius 2 is 2.50 bits per heavy atom. The van der Waals surface area contributed by atoms with Crippen molar-refractivity contribution in [3.05, 3.63) is 12.2 Å². The van der Waals surface area contributed by atoms with E-state index in [4.69, 9.17) is 19.9 Å². The average Bonchev–Trinajstić information content (AvgIpc) is 2.68. The van der Waals surface area contributed by atoms with Crippen LogP contribution in [0.5, 0.6) is 0 Å². The molecular formula is C9H15NO4. The van der Waals surface area contributed by atoms with Crippen LogP contribution in [-0.4, -0.2) is 18.8 Å². The Bertz CT molecular complexity index is 239. The summed E-state index contributed by atoms with van der Waals surface area (Å²) >= 11 is 0. The van der Waals surface area contributed by atoms with Crippen molar-refractivity contribution >= 4 is 5.97 Å². The van der Waals surface area contributed by atoms with Crippen LogP contribution < -0.4 is 5.73 Å². The number of hydrogen-bond acceptors (Lipinski definition) is 5. The molecule has 0 fully saturated rings. The molecule has 5 heteroatoms. The summed E-state index contributed by atoms with van der Waals surface area (Å²) < 4.78 is 14.4. The van der Waals surface area contributed by atoms with E-state index in [1.807, 2.05) is 13.8 Å². The van der Waals surface area contributed by atoms with Crippen LogP contribution in [0.4, 0.5) is 0 Å². The predicted molar refractivity (Wildman–Crippen MR) is 48.6 cm³/mol. The highest BCUT2D eigenvalue weighted by molar-refractivity contribution is 5.76. The number of carbonyl (C=O) groups excluding carboxylic acids is 1. The van der Waals surface area contributed by atoms with Crippen LogP contribution in [0.3, 0.4) is 0 Å². The van der Waals surface area contributed by atoms with Crippen molar-refractivity contribution in [2.45, 2.75) is 26.3 Å². The minimum Gasteiger partial charge on any atom is -0.458 e. The molecule has 2 atom stereocenters. The van der Waals surface area contributed by atoms with Crippen LogP contribution in [0, 0.1) is 5.92 Å².